The topological polar surface area (TPSA) is 94.8 Å². The zero-order chi connectivity index (χ0) is 12.3. The van der Waals surface area contributed by atoms with Crippen LogP contribution in [0, 0.1) is 0 Å². The van der Waals surface area contributed by atoms with Gasteiger partial charge in [-0.1, -0.05) is 0 Å². The molecule has 0 aromatic rings. The molecule has 0 radical (unpaired) electrons. The van der Waals surface area contributed by atoms with Crippen LogP contribution < -0.4 is 0 Å². The first-order valence-corrected chi connectivity index (χ1v) is 6.36. The molecule has 0 heterocycles. The quantitative estimate of drug-likeness (QED) is 0.328. The number of nitrogens with zero attached hydrogens (tertiary/aromatic N) is 1. The summed E-state index contributed by atoms with van der Waals surface area (Å²) in [5, 5.41) is 18.9. The number of aliphatic hydroxyl groups is 2. The van der Waals surface area contributed by atoms with E-state index in [4.69, 9.17) is 4.55 Å². The van der Waals surface area contributed by atoms with Crippen LogP contribution in [0.15, 0.2) is 0 Å². The van der Waals surface area contributed by atoms with Gasteiger partial charge in [-0.15, -0.1) is 0 Å². The van der Waals surface area contributed by atoms with Crippen molar-refractivity contribution in [2.24, 2.45) is 0 Å². The Morgan fingerprint density at radius 2 is 1.60 bits per heavy atom. The third kappa shape index (κ3) is 4.89. The van der Waals surface area contributed by atoms with Crippen molar-refractivity contribution >= 4 is 10.1 Å². The summed E-state index contributed by atoms with van der Waals surface area (Å²) in [6.45, 7) is 3.33. The van der Waals surface area contributed by atoms with Crippen LogP contribution in [-0.2, 0) is 10.1 Å². The molecule has 6 nitrogen and oxygen atoms in total. The van der Waals surface area contributed by atoms with Crippen LogP contribution >= 0.6 is 0 Å². The Bertz CT molecular complexity index is 277. The second-order valence-electron chi connectivity index (χ2n) is 3.97. The lowest BCUT2D eigenvalue weighted by Crippen LogP contribution is -2.57. The van der Waals surface area contributed by atoms with Crippen molar-refractivity contribution in [2.75, 3.05) is 19.3 Å². The average molecular weight is 242 g/mol. The van der Waals surface area contributed by atoms with Crippen LogP contribution in [0.3, 0.4) is 0 Å². The monoisotopic (exact) mass is 242 g/mol. The summed E-state index contributed by atoms with van der Waals surface area (Å²) < 4.78 is 29.4. The molecular formula is C8H20NO5S+. The van der Waals surface area contributed by atoms with Gasteiger partial charge in [-0.2, -0.15) is 8.42 Å². The highest BCUT2D eigenvalue weighted by molar-refractivity contribution is 7.85. The van der Waals surface area contributed by atoms with E-state index in [1.54, 1.807) is 7.05 Å². The molecule has 92 valence electrons. The summed E-state index contributed by atoms with van der Waals surface area (Å²) >= 11 is 0. The highest BCUT2D eigenvalue weighted by atomic mass is 32.2. The minimum absolute atomic E-state index is 0.0600. The molecular weight excluding hydrogens is 222 g/mol. The number of quaternary nitrogens is 1. The molecule has 0 amide bonds. The van der Waals surface area contributed by atoms with Gasteiger partial charge in [0.15, 0.2) is 12.5 Å². The lowest BCUT2D eigenvalue weighted by atomic mass is 10.3. The largest absolute Gasteiger partial charge is 0.345 e. The Labute approximate surface area is 90.5 Å². The van der Waals surface area contributed by atoms with E-state index in [1.807, 2.05) is 0 Å². The Morgan fingerprint density at radius 1 is 1.20 bits per heavy atom. The molecule has 0 aromatic heterocycles. The molecule has 3 N–H and O–H groups in total. The van der Waals surface area contributed by atoms with Gasteiger partial charge in [0, 0.05) is 20.3 Å². The standard InChI is InChI=1S/C8H19NO5S/c1-7(10)9(3,8(2)11)5-4-6-15(12,13)14/h7-8,10-11H,4-6H2,1-3H3/p+1. The molecule has 0 rings (SSSR count). The van der Waals surface area contributed by atoms with E-state index in [0.717, 1.165) is 0 Å². The molecule has 0 saturated carbocycles. The lowest BCUT2D eigenvalue weighted by Gasteiger charge is -2.39. The van der Waals surface area contributed by atoms with E-state index in [9.17, 15) is 18.6 Å². The van der Waals surface area contributed by atoms with Crippen molar-refractivity contribution in [3.8, 4) is 0 Å². The van der Waals surface area contributed by atoms with E-state index in [-0.39, 0.29) is 23.2 Å². The summed E-state index contributed by atoms with van der Waals surface area (Å²) in [6, 6.07) is 0. The third-order valence-electron chi connectivity index (χ3n) is 2.75. The van der Waals surface area contributed by atoms with Crippen LogP contribution in [0.4, 0.5) is 0 Å². The Morgan fingerprint density at radius 3 is 1.87 bits per heavy atom. The molecule has 0 aliphatic heterocycles. The van der Waals surface area contributed by atoms with Gasteiger partial charge in [0.2, 0.25) is 0 Å². The average Bonchev–Trinajstić information content (AvgIpc) is 2.00. The second-order valence-corrected chi connectivity index (χ2v) is 5.55. The van der Waals surface area contributed by atoms with Crippen LogP contribution in [0.1, 0.15) is 20.3 Å². The van der Waals surface area contributed by atoms with Crippen molar-refractivity contribution in [3.05, 3.63) is 0 Å². The smallest absolute Gasteiger partial charge is 0.265 e. The molecule has 0 aromatic carbocycles. The SMILES string of the molecule is CC(O)[N+](C)(CCCS(=O)(=O)O)C(C)O. The van der Waals surface area contributed by atoms with E-state index >= 15 is 0 Å². The predicted octanol–water partition coefficient (Wildman–Crippen LogP) is -0.612. The molecule has 0 aliphatic rings. The molecule has 0 aliphatic carbocycles. The molecule has 7 heteroatoms. The Hall–Kier alpha value is -0.210. The Balaban J connectivity index is 4.34. The fourth-order valence-electron chi connectivity index (χ4n) is 1.27. The van der Waals surface area contributed by atoms with Crippen LogP contribution in [0.5, 0.6) is 0 Å². The maximum absolute atomic E-state index is 10.5. The van der Waals surface area contributed by atoms with E-state index in [2.05, 4.69) is 0 Å². The van der Waals surface area contributed by atoms with Crippen molar-refractivity contribution in [3.63, 3.8) is 0 Å². The normalized spacial score (nSPS) is 20.7. The molecule has 0 bridgehead atoms. The number of hydrogen-bond donors (Lipinski definition) is 3. The molecule has 2 unspecified atom stereocenters. The third-order valence-corrected chi connectivity index (χ3v) is 3.55. The molecule has 0 saturated heterocycles. The zero-order valence-corrected chi connectivity index (χ0v) is 10.1. The molecule has 15 heavy (non-hydrogen) atoms. The number of rotatable bonds is 6. The van der Waals surface area contributed by atoms with Gasteiger partial charge in [0.05, 0.1) is 19.3 Å². The summed E-state index contributed by atoms with van der Waals surface area (Å²) in [6.07, 6.45) is -1.41. The van der Waals surface area contributed by atoms with Gasteiger partial charge in [0.1, 0.15) is 0 Å². The first-order chi connectivity index (χ1) is 6.59. The zero-order valence-electron chi connectivity index (χ0n) is 9.29. The molecule has 2 atom stereocenters. The highest BCUT2D eigenvalue weighted by Gasteiger charge is 2.32. The van der Waals surface area contributed by atoms with Gasteiger partial charge in [-0.05, 0) is 0 Å². The summed E-state index contributed by atoms with van der Waals surface area (Å²) in [4.78, 5) is 0. The van der Waals surface area contributed by atoms with E-state index in [0.29, 0.717) is 0 Å². The van der Waals surface area contributed by atoms with Crippen molar-refractivity contribution in [2.45, 2.75) is 32.7 Å². The van der Waals surface area contributed by atoms with E-state index < -0.39 is 22.6 Å². The summed E-state index contributed by atoms with van der Waals surface area (Å²) in [5.41, 5.74) is 0. The minimum Gasteiger partial charge on any atom is -0.345 e. The predicted molar refractivity (Wildman–Crippen MR) is 55.4 cm³/mol. The summed E-state index contributed by atoms with van der Waals surface area (Å²) in [5.74, 6) is -0.361. The van der Waals surface area contributed by atoms with Gasteiger partial charge >= 0.3 is 0 Å². The fraction of sp³-hybridized carbons (Fsp3) is 1.00. The van der Waals surface area contributed by atoms with Crippen molar-refractivity contribution < 1.29 is 27.7 Å². The first kappa shape index (κ1) is 14.8. The van der Waals surface area contributed by atoms with Crippen molar-refractivity contribution in [1.82, 2.24) is 0 Å². The summed E-state index contributed by atoms with van der Waals surface area (Å²) in [7, 11) is -2.35. The maximum atomic E-state index is 10.5. The van der Waals surface area contributed by atoms with Crippen molar-refractivity contribution in [1.29, 1.82) is 0 Å². The fourth-order valence-corrected chi connectivity index (χ4v) is 1.77. The van der Waals surface area contributed by atoms with Crippen LogP contribution in [0.2, 0.25) is 0 Å². The van der Waals surface area contributed by atoms with Gasteiger partial charge in [-0.25, -0.2) is 0 Å². The Kier molecular flexibility index (Phi) is 5.15. The maximum Gasteiger partial charge on any atom is 0.265 e. The van der Waals surface area contributed by atoms with Crippen LogP contribution in [-0.4, -0.2) is 59.5 Å². The second kappa shape index (κ2) is 5.22. The van der Waals surface area contributed by atoms with Gasteiger partial charge in [-0.3, -0.25) is 9.04 Å². The molecule has 0 spiro atoms. The minimum atomic E-state index is -3.97. The van der Waals surface area contributed by atoms with Crippen LogP contribution in [0.25, 0.3) is 0 Å². The molecule has 0 fully saturated rings. The number of hydrogen-bond acceptors (Lipinski definition) is 4. The van der Waals surface area contributed by atoms with Gasteiger partial charge < -0.3 is 10.2 Å². The highest BCUT2D eigenvalue weighted by Crippen LogP contribution is 2.14. The van der Waals surface area contributed by atoms with E-state index in [1.165, 1.54) is 13.8 Å². The first-order valence-electron chi connectivity index (χ1n) is 4.76. The van der Waals surface area contributed by atoms with Gasteiger partial charge in [0.25, 0.3) is 10.1 Å². The lowest BCUT2D eigenvalue weighted by molar-refractivity contribution is -0.990. The number of aliphatic hydroxyl groups excluding tert-OH is 2.